The minimum atomic E-state index is -0.877. The molecule has 0 spiro atoms. The molecule has 0 heterocycles. The van der Waals surface area contributed by atoms with Crippen LogP contribution in [0.5, 0.6) is 0 Å². The summed E-state index contributed by atoms with van der Waals surface area (Å²) in [5, 5.41) is 4.31. The molecule has 0 aliphatic rings. The van der Waals surface area contributed by atoms with Crippen molar-refractivity contribution >= 4 is 33.0 Å². The Bertz CT molecular complexity index is 535. The van der Waals surface area contributed by atoms with E-state index in [-0.39, 0.29) is 0 Å². The Morgan fingerprint density at radius 3 is 0.952 bits per heavy atom. The molecule has 21 heavy (non-hydrogen) atoms. The van der Waals surface area contributed by atoms with E-state index in [1.54, 1.807) is 20.0 Å². The molecule has 0 saturated carbocycles. The van der Waals surface area contributed by atoms with Gasteiger partial charge in [0.05, 0.1) is 7.92 Å². The second-order valence-corrected chi connectivity index (χ2v) is 6.96. The molecule has 0 saturated heterocycles. The molecule has 0 N–H and O–H groups in total. The molecule has 0 aromatic heterocycles. The molecule has 0 radical (unpaired) electrons. The zero-order chi connectivity index (χ0) is 14.9. The minimum absolute atomic E-state index is 0.877. The first-order valence-corrected chi connectivity index (χ1v) is 10.8. The summed E-state index contributed by atoms with van der Waals surface area (Å²) in [5.41, 5.74) is 0. The van der Waals surface area contributed by atoms with Gasteiger partial charge in [0.1, 0.15) is 15.9 Å². The van der Waals surface area contributed by atoms with Crippen molar-refractivity contribution in [3.05, 3.63) is 91.0 Å². The SMILES string of the molecule is [Cl][Au].c1ccc([PH+](c2ccccc2)c2ccccc2)cc1. The molecule has 0 bridgehead atoms. The van der Waals surface area contributed by atoms with Gasteiger partial charge < -0.3 is 0 Å². The molecule has 0 aliphatic heterocycles. The Morgan fingerprint density at radius 2 is 0.714 bits per heavy atom. The van der Waals surface area contributed by atoms with Crippen LogP contribution in [0.4, 0.5) is 0 Å². The summed E-state index contributed by atoms with van der Waals surface area (Å²) in [6.07, 6.45) is 0. The molecule has 0 unspecified atom stereocenters. The van der Waals surface area contributed by atoms with Gasteiger partial charge in [-0.15, -0.1) is 0 Å². The maximum Gasteiger partial charge on any atom is 0.102 e. The van der Waals surface area contributed by atoms with Gasteiger partial charge in [-0.25, -0.2) is 0 Å². The van der Waals surface area contributed by atoms with E-state index in [1.165, 1.54) is 15.9 Å². The number of benzene rings is 3. The number of hydrogen-bond donors (Lipinski definition) is 0. The fourth-order valence-corrected chi connectivity index (χ4v) is 4.89. The Morgan fingerprint density at radius 1 is 0.476 bits per heavy atom. The first kappa shape index (κ1) is 16.5. The predicted molar refractivity (Wildman–Crippen MR) is 92.4 cm³/mol. The molecule has 3 rings (SSSR count). The van der Waals surface area contributed by atoms with Crippen molar-refractivity contribution in [2.24, 2.45) is 0 Å². The van der Waals surface area contributed by atoms with Gasteiger partial charge >= 0.3 is 29.2 Å². The van der Waals surface area contributed by atoms with Crippen LogP contribution in [-0.2, 0) is 20.0 Å². The largest absolute Gasteiger partial charge is 0.102 e. The molecule has 0 atom stereocenters. The van der Waals surface area contributed by atoms with Crippen molar-refractivity contribution in [2.75, 3.05) is 0 Å². The topological polar surface area (TPSA) is 0 Å². The first-order valence-electron chi connectivity index (χ1n) is 6.60. The maximum atomic E-state index is 4.58. The van der Waals surface area contributed by atoms with E-state index in [0.717, 1.165) is 0 Å². The average molecular weight is 496 g/mol. The quantitative estimate of drug-likeness (QED) is 0.382. The third-order valence-corrected chi connectivity index (χ3v) is 5.92. The summed E-state index contributed by atoms with van der Waals surface area (Å²) in [7, 11) is 3.71. The van der Waals surface area contributed by atoms with E-state index in [0.29, 0.717) is 0 Å². The van der Waals surface area contributed by atoms with Crippen LogP contribution in [0, 0.1) is 0 Å². The van der Waals surface area contributed by atoms with Crippen LogP contribution in [0.3, 0.4) is 0 Å². The maximum absolute atomic E-state index is 4.58. The van der Waals surface area contributed by atoms with Gasteiger partial charge in [-0.2, -0.15) is 0 Å². The molecule has 0 nitrogen and oxygen atoms in total. The van der Waals surface area contributed by atoms with Gasteiger partial charge in [0.2, 0.25) is 0 Å². The van der Waals surface area contributed by atoms with Crippen LogP contribution in [0.15, 0.2) is 91.0 Å². The second kappa shape index (κ2) is 9.20. The summed E-state index contributed by atoms with van der Waals surface area (Å²) < 4.78 is 0. The third-order valence-electron chi connectivity index (χ3n) is 3.19. The zero-order valence-electron chi connectivity index (χ0n) is 11.3. The van der Waals surface area contributed by atoms with Crippen LogP contribution in [-0.4, -0.2) is 0 Å². The Hall–Kier alpha value is -0.880. The summed E-state index contributed by atoms with van der Waals surface area (Å²) >= 11 is 1.75. The van der Waals surface area contributed by atoms with Gasteiger partial charge in [-0.1, -0.05) is 54.6 Å². The van der Waals surface area contributed by atoms with Crippen molar-refractivity contribution < 1.29 is 20.0 Å². The smallest absolute Gasteiger partial charge is 0.0620 e. The summed E-state index contributed by atoms with van der Waals surface area (Å²) in [5.74, 6) is 0. The molecular formula is C18H16AuClP+. The normalized spacial score (nSPS) is 9.90. The van der Waals surface area contributed by atoms with E-state index in [9.17, 15) is 0 Å². The summed E-state index contributed by atoms with van der Waals surface area (Å²) in [6, 6.07) is 32.5. The van der Waals surface area contributed by atoms with Crippen molar-refractivity contribution in [3.8, 4) is 0 Å². The van der Waals surface area contributed by atoms with Crippen LogP contribution in [0.2, 0.25) is 0 Å². The van der Waals surface area contributed by atoms with E-state index >= 15 is 0 Å². The fourth-order valence-electron chi connectivity index (χ4n) is 2.31. The van der Waals surface area contributed by atoms with Gasteiger partial charge in [-0.3, -0.25) is 0 Å². The Labute approximate surface area is 143 Å². The third kappa shape index (κ3) is 4.54. The van der Waals surface area contributed by atoms with Crippen molar-refractivity contribution in [2.45, 2.75) is 0 Å². The van der Waals surface area contributed by atoms with Gasteiger partial charge in [0, 0.05) is 0 Å². The minimum Gasteiger partial charge on any atom is -0.0620 e. The predicted octanol–water partition coefficient (Wildman–Crippen LogP) is 3.86. The molecule has 3 heteroatoms. The van der Waals surface area contributed by atoms with Gasteiger partial charge in [0.25, 0.3) is 0 Å². The van der Waals surface area contributed by atoms with E-state index in [2.05, 4.69) is 100 Å². The first-order chi connectivity index (χ1) is 10.4. The van der Waals surface area contributed by atoms with Gasteiger partial charge in [0.15, 0.2) is 0 Å². The average Bonchev–Trinajstić information content (AvgIpc) is 2.60. The molecule has 0 fully saturated rings. The molecule has 0 amide bonds. The monoisotopic (exact) mass is 495 g/mol. The van der Waals surface area contributed by atoms with Crippen molar-refractivity contribution in [3.63, 3.8) is 0 Å². The van der Waals surface area contributed by atoms with Crippen LogP contribution < -0.4 is 15.9 Å². The van der Waals surface area contributed by atoms with Crippen LogP contribution in [0.25, 0.3) is 0 Å². The van der Waals surface area contributed by atoms with Crippen LogP contribution >= 0.6 is 17.1 Å². The summed E-state index contributed by atoms with van der Waals surface area (Å²) in [4.78, 5) is 0. The number of halogens is 1. The molecule has 110 valence electrons. The van der Waals surface area contributed by atoms with E-state index in [4.69, 9.17) is 0 Å². The van der Waals surface area contributed by atoms with E-state index in [1.807, 2.05) is 0 Å². The molecule has 3 aromatic rings. The van der Waals surface area contributed by atoms with E-state index < -0.39 is 7.92 Å². The molecular weight excluding hydrogens is 480 g/mol. The Kier molecular flexibility index (Phi) is 7.23. The molecule has 0 aliphatic carbocycles. The number of hydrogen-bond acceptors (Lipinski definition) is 0. The standard InChI is InChI=1S/C18H15P.Au.ClH/c1-4-10-16(11-5-1)19(17-12-6-2-7-13-17)18-14-8-3-9-15-18;;/h1-15H;;1H/q;+1;. The van der Waals surface area contributed by atoms with Gasteiger partial charge in [-0.05, 0) is 36.4 Å². The fraction of sp³-hybridized carbons (Fsp3) is 0. The Balaban J connectivity index is 0.000000774. The number of rotatable bonds is 3. The van der Waals surface area contributed by atoms with Crippen molar-refractivity contribution in [1.82, 2.24) is 0 Å². The summed E-state index contributed by atoms with van der Waals surface area (Å²) in [6.45, 7) is 0. The van der Waals surface area contributed by atoms with Crippen molar-refractivity contribution in [1.29, 1.82) is 0 Å². The van der Waals surface area contributed by atoms with Crippen LogP contribution in [0.1, 0.15) is 0 Å². The molecule has 3 aromatic carbocycles. The second-order valence-electron chi connectivity index (χ2n) is 4.47. The zero-order valence-corrected chi connectivity index (χ0v) is 15.3.